The lowest BCUT2D eigenvalue weighted by Gasteiger charge is -2.37. The molecule has 54 heavy (non-hydrogen) atoms. The van der Waals surface area contributed by atoms with Gasteiger partial charge in [0.05, 0.1) is 18.3 Å². The summed E-state index contributed by atoms with van der Waals surface area (Å²) < 4.78 is 50.1. The van der Waals surface area contributed by atoms with E-state index in [0.29, 0.717) is 11.5 Å². The average Bonchev–Trinajstić information content (AvgIpc) is 3.85. The van der Waals surface area contributed by atoms with Gasteiger partial charge in [0.1, 0.15) is 24.2 Å². The molecule has 1 aliphatic heterocycles. The van der Waals surface area contributed by atoms with Crippen molar-refractivity contribution in [3.63, 3.8) is 0 Å². The Morgan fingerprint density at radius 2 is 1.39 bits per heavy atom. The Bertz CT molecular complexity index is 2200. The highest BCUT2D eigenvalue weighted by Gasteiger charge is 2.56. The monoisotopic (exact) mass is 738 g/mol. The number of pyridine rings is 1. The SMILES string of the molecule is CC[C@@H](C(C)C)n1ncn(-c2ccc(N3CCN(c4ccc(-c5ccc(C(F)(F)C(O)(Cn6cnnn6)c6ccc(F)cc6)nc5)cc4)CC3)cc2)c1=O. The highest BCUT2D eigenvalue weighted by Crippen LogP contribution is 2.46. The normalized spacial score (nSPS) is 15.4. The van der Waals surface area contributed by atoms with Gasteiger partial charge in [-0.15, -0.1) is 5.10 Å². The van der Waals surface area contributed by atoms with E-state index >= 15 is 8.78 Å². The molecule has 0 spiro atoms. The largest absolute Gasteiger partial charge is 0.377 e. The van der Waals surface area contributed by atoms with Crippen molar-refractivity contribution in [2.75, 3.05) is 36.0 Å². The number of tetrazole rings is 1. The quantitative estimate of drug-likeness (QED) is 0.165. The molecule has 1 N–H and O–H groups in total. The molecule has 4 heterocycles. The van der Waals surface area contributed by atoms with Crippen molar-refractivity contribution in [2.45, 2.75) is 51.3 Å². The maximum absolute atomic E-state index is 16.2. The number of hydrogen-bond acceptors (Lipinski definition) is 9. The van der Waals surface area contributed by atoms with Crippen LogP contribution in [0.3, 0.4) is 0 Å². The van der Waals surface area contributed by atoms with Crippen LogP contribution < -0.4 is 15.5 Å². The number of aliphatic hydroxyl groups is 1. The summed E-state index contributed by atoms with van der Waals surface area (Å²) in [6.45, 7) is 8.78. The summed E-state index contributed by atoms with van der Waals surface area (Å²) in [7, 11) is 0. The smallest absolute Gasteiger partial charge is 0.350 e. The molecule has 0 bridgehead atoms. The lowest BCUT2D eigenvalue weighted by molar-refractivity contribution is -0.206. The van der Waals surface area contributed by atoms with E-state index in [1.807, 2.05) is 48.5 Å². The second kappa shape index (κ2) is 14.9. The van der Waals surface area contributed by atoms with Crippen LogP contribution in [-0.4, -0.2) is 70.8 Å². The maximum atomic E-state index is 16.2. The summed E-state index contributed by atoms with van der Waals surface area (Å²) in [5.74, 6) is -4.23. The van der Waals surface area contributed by atoms with E-state index in [-0.39, 0.29) is 17.3 Å². The van der Waals surface area contributed by atoms with Gasteiger partial charge < -0.3 is 14.9 Å². The Morgan fingerprint density at radius 3 is 1.93 bits per heavy atom. The van der Waals surface area contributed by atoms with Crippen LogP contribution >= 0.6 is 0 Å². The van der Waals surface area contributed by atoms with Crippen molar-refractivity contribution in [3.05, 3.63) is 131 Å². The molecule has 7 rings (SSSR count). The highest BCUT2D eigenvalue weighted by atomic mass is 19.3. The van der Waals surface area contributed by atoms with E-state index in [9.17, 15) is 14.3 Å². The van der Waals surface area contributed by atoms with E-state index in [1.165, 1.54) is 18.3 Å². The fourth-order valence-corrected chi connectivity index (χ4v) is 7.11. The minimum absolute atomic E-state index is 0.0519. The molecule has 1 fully saturated rings. The van der Waals surface area contributed by atoms with Crippen LogP contribution in [0, 0.1) is 11.7 Å². The van der Waals surface area contributed by atoms with Gasteiger partial charge in [-0.05, 0) is 88.5 Å². The van der Waals surface area contributed by atoms with Crippen LogP contribution in [0.4, 0.5) is 24.5 Å². The van der Waals surface area contributed by atoms with Gasteiger partial charge in [0.15, 0.2) is 5.60 Å². The first-order valence-corrected chi connectivity index (χ1v) is 17.9. The molecule has 12 nitrogen and oxygen atoms in total. The fraction of sp³-hybridized carbons (Fsp3) is 0.333. The van der Waals surface area contributed by atoms with Gasteiger partial charge in [0.2, 0.25) is 0 Å². The topological polar surface area (TPSA) is 123 Å². The second-order valence-electron chi connectivity index (χ2n) is 13.9. The van der Waals surface area contributed by atoms with Crippen molar-refractivity contribution in [2.24, 2.45) is 5.92 Å². The number of alkyl halides is 2. The van der Waals surface area contributed by atoms with Gasteiger partial charge in [0, 0.05) is 49.3 Å². The first kappa shape index (κ1) is 36.5. The van der Waals surface area contributed by atoms with Crippen molar-refractivity contribution >= 4 is 11.4 Å². The van der Waals surface area contributed by atoms with Gasteiger partial charge in [-0.1, -0.05) is 51.1 Å². The molecule has 15 heteroatoms. The fourth-order valence-electron chi connectivity index (χ4n) is 7.11. The minimum atomic E-state index is -3.90. The molecule has 0 saturated carbocycles. The summed E-state index contributed by atoms with van der Waals surface area (Å²) in [4.78, 5) is 21.8. The van der Waals surface area contributed by atoms with Crippen LogP contribution in [-0.2, 0) is 18.1 Å². The standard InChI is InChI=1S/C39H41F3N10O2/c1-4-35(27(2)3)52-37(53)51(26-45-52)34-16-14-33(15-17-34)49-21-19-48(20-22-49)32-12-5-28(6-13-32)29-7-18-36(43-23-29)39(41,42)38(54,24-50-25-44-46-47-50)30-8-10-31(40)11-9-30/h5-18,23,25-27,35,54H,4,19-22,24H2,1-3H3/t35-,38?/m0/s1. The highest BCUT2D eigenvalue weighted by molar-refractivity contribution is 5.66. The van der Waals surface area contributed by atoms with Crippen LogP contribution in [0.5, 0.6) is 0 Å². The molecule has 6 aromatic rings. The number of rotatable bonds is 12. The number of benzene rings is 3. The molecule has 3 aromatic heterocycles. The van der Waals surface area contributed by atoms with Gasteiger partial charge in [0.25, 0.3) is 0 Å². The van der Waals surface area contributed by atoms with Crippen LogP contribution in [0.1, 0.15) is 44.5 Å². The zero-order chi connectivity index (χ0) is 38.0. The molecule has 2 atom stereocenters. The Hall–Kier alpha value is -5.83. The predicted octanol–water partition coefficient (Wildman–Crippen LogP) is 5.84. The first-order chi connectivity index (χ1) is 26.0. The Morgan fingerprint density at radius 1 is 0.796 bits per heavy atom. The first-order valence-electron chi connectivity index (χ1n) is 17.9. The van der Waals surface area contributed by atoms with Crippen LogP contribution in [0.2, 0.25) is 0 Å². The molecule has 0 amide bonds. The van der Waals surface area contributed by atoms with E-state index < -0.39 is 29.6 Å². The summed E-state index contributed by atoms with van der Waals surface area (Å²) in [5.41, 5.74) is 0.469. The Labute approximate surface area is 310 Å². The lowest BCUT2D eigenvalue weighted by atomic mass is 9.85. The van der Waals surface area contributed by atoms with Gasteiger partial charge >= 0.3 is 11.6 Å². The zero-order valence-corrected chi connectivity index (χ0v) is 30.2. The predicted molar refractivity (Wildman–Crippen MR) is 198 cm³/mol. The summed E-state index contributed by atoms with van der Waals surface area (Å²) in [5, 5.41) is 26.5. The number of nitrogens with zero attached hydrogens (tertiary/aromatic N) is 10. The van der Waals surface area contributed by atoms with E-state index in [2.05, 4.69) is 56.2 Å². The van der Waals surface area contributed by atoms with Crippen molar-refractivity contribution in [3.8, 4) is 16.8 Å². The molecule has 1 aliphatic rings. The molecular weight excluding hydrogens is 697 g/mol. The lowest BCUT2D eigenvalue weighted by Crippen LogP contribution is -2.47. The van der Waals surface area contributed by atoms with Crippen LogP contribution in [0.15, 0.2) is 109 Å². The molecule has 0 aliphatic carbocycles. The number of aromatic nitrogens is 8. The number of piperazine rings is 1. The van der Waals surface area contributed by atoms with E-state index in [1.54, 1.807) is 15.6 Å². The van der Waals surface area contributed by atoms with Gasteiger partial charge in [-0.25, -0.2) is 23.1 Å². The second-order valence-corrected chi connectivity index (χ2v) is 13.9. The third-order valence-corrected chi connectivity index (χ3v) is 10.2. The minimum Gasteiger partial charge on any atom is -0.377 e. The Kier molecular flexibility index (Phi) is 10.1. The summed E-state index contributed by atoms with van der Waals surface area (Å²) in [6.07, 6.45) is 4.89. The molecule has 1 unspecified atom stereocenters. The van der Waals surface area contributed by atoms with Crippen molar-refractivity contribution in [1.82, 2.24) is 39.5 Å². The van der Waals surface area contributed by atoms with Crippen molar-refractivity contribution in [1.29, 1.82) is 0 Å². The third kappa shape index (κ3) is 6.98. The van der Waals surface area contributed by atoms with Crippen LogP contribution in [0.25, 0.3) is 16.8 Å². The molecule has 0 radical (unpaired) electrons. The third-order valence-electron chi connectivity index (χ3n) is 10.2. The molecule has 3 aromatic carbocycles. The summed E-state index contributed by atoms with van der Waals surface area (Å²) >= 11 is 0. The number of halogens is 3. The van der Waals surface area contributed by atoms with E-state index in [4.69, 9.17) is 0 Å². The summed E-state index contributed by atoms with van der Waals surface area (Å²) in [6, 6.07) is 22.8. The zero-order valence-electron chi connectivity index (χ0n) is 30.2. The Balaban J connectivity index is 0.995. The van der Waals surface area contributed by atoms with Gasteiger partial charge in [-0.3, -0.25) is 4.98 Å². The number of hydrogen-bond donors (Lipinski definition) is 1. The van der Waals surface area contributed by atoms with Gasteiger partial charge in [-0.2, -0.15) is 13.9 Å². The molecular formula is C39H41F3N10O2. The van der Waals surface area contributed by atoms with Crippen molar-refractivity contribution < 1.29 is 18.3 Å². The number of anilines is 2. The molecule has 280 valence electrons. The maximum Gasteiger partial charge on any atom is 0.350 e. The average molecular weight is 739 g/mol. The molecule has 1 saturated heterocycles. The van der Waals surface area contributed by atoms with E-state index in [0.717, 1.165) is 90.5 Å².